The van der Waals surface area contributed by atoms with E-state index in [-0.39, 0.29) is 18.3 Å². The Morgan fingerprint density at radius 2 is 1.94 bits per heavy atom. The number of thiophene rings is 1. The van der Waals surface area contributed by atoms with Crippen LogP contribution in [0, 0.1) is 11.3 Å². The third kappa shape index (κ3) is 4.90. The largest absolute Gasteiger partial charge is 0.460 e. The Labute approximate surface area is 194 Å². The summed E-state index contributed by atoms with van der Waals surface area (Å²) in [7, 11) is 0. The maximum atomic E-state index is 12.3. The highest BCUT2D eigenvalue weighted by molar-refractivity contribution is 7.99. The number of thioether (sulfide) groups is 1. The minimum Gasteiger partial charge on any atom is -0.460 e. The zero-order valence-electron chi connectivity index (χ0n) is 17.4. The molecular weight excluding hydrogens is 440 g/mol. The van der Waals surface area contributed by atoms with Gasteiger partial charge in [-0.05, 0) is 41.1 Å². The van der Waals surface area contributed by atoms with Crippen LogP contribution in [0.3, 0.4) is 0 Å². The van der Waals surface area contributed by atoms with E-state index in [4.69, 9.17) is 4.74 Å². The molecule has 6 nitrogen and oxygen atoms in total. The zero-order chi connectivity index (χ0) is 22.3. The van der Waals surface area contributed by atoms with Crippen LogP contribution in [0.2, 0.25) is 0 Å². The number of aromatic nitrogens is 3. The van der Waals surface area contributed by atoms with Crippen LogP contribution in [-0.4, -0.2) is 26.5 Å². The lowest BCUT2D eigenvalue weighted by Gasteiger charge is -2.08. The van der Waals surface area contributed by atoms with Gasteiger partial charge in [0.1, 0.15) is 6.61 Å². The highest BCUT2D eigenvalue weighted by atomic mass is 32.2. The van der Waals surface area contributed by atoms with E-state index in [0.717, 1.165) is 33.9 Å². The number of nitriles is 1. The minimum absolute atomic E-state index is 0.163. The lowest BCUT2D eigenvalue weighted by molar-refractivity contribution is -0.141. The molecular formula is C24H20N4O2S2. The fraction of sp³-hybridized carbons (Fsp3) is 0.167. The molecule has 2 aromatic heterocycles. The summed E-state index contributed by atoms with van der Waals surface area (Å²) in [6.45, 7) is 2.95. The number of hydrogen-bond donors (Lipinski definition) is 0. The monoisotopic (exact) mass is 460 g/mol. The number of carbonyl (C=O) groups excluding carboxylic acids is 1. The van der Waals surface area contributed by atoms with Gasteiger partial charge in [-0.3, -0.25) is 4.79 Å². The Morgan fingerprint density at radius 1 is 1.12 bits per heavy atom. The van der Waals surface area contributed by atoms with Gasteiger partial charge in [0.15, 0.2) is 11.0 Å². The van der Waals surface area contributed by atoms with Crippen LogP contribution in [0.25, 0.3) is 21.8 Å². The number of benzene rings is 2. The van der Waals surface area contributed by atoms with Crippen molar-refractivity contribution >= 4 is 29.1 Å². The first kappa shape index (κ1) is 21.8. The molecule has 0 saturated heterocycles. The molecule has 8 heteroatoms. The van der Waals surface area contributed by atoms with Gasteiger partial charge in [0, 0.05) is 6.54 Å². The van der Waals surface area contributed by atoms with Crippen molar-refractivity contribution in [1.29, 1.82) is 5.26 Å². The van der Waals surface area contributed by atoms with Gasteiger partial charge in [-0.2, -0.15) is 5.26 Å². The summed E-state index contributed by atoms with van der Waals surface area (Å²) in [5.74, 6) is 0.671. The topological polar surface area (TPSA) is 80.8 Å². The number of esters is 1. The number of ether oxygens (including phenoxy) is 1. The van der Waals surface area contributed by atoms with Gasteiger partial charge in [0.25, 0.3) is 0 Å². The Bertz CT molecular complexity index is 1240. The van der Waals surface area contributed by atoms with Gasteiger partial charge < -0.3 is 9.30 Å². The van der Waals surface area contributed by atoms with Crippen LogP contribution in [0.4, 0.5) is 0 Å². The number of carbonyl (C=O) groups is 1. The predicted octanol–water partition coefficient (Wildman–Crippen LogP) is 5.40. The fourth-order valence-electron chi connectivity index (χ4n) is 3.21. The zero-order valence-corrected chi connectivity index (χ0v) is 19.0. The predicted molar refractivity (Wildman–Crippen MR) is 126 cm³/mol. The second-order valence-electron chi connectivity index (χ2n) is 6.83. The van der Waals surface area contributed by atoms with Crippen molar-refractivity contribution in [3.05, 3.63) is 77.2 Å². The molecule has 2 heterocycles. The second kappa shape index (κ2) is 10.3. The van der Waals surface area contributed by atoms with E-state index in [0.29, 0.717) is 10.7 Å². The molecule has 0 amide bonds. The molecule has 0 radical (unpaired) electrons. The molecule has 0 saturated carbocycles. The quantitative estimate of drug-likeness (QED) is 0.259. The van der Waals surface area contributed by atoms with Crippen molar-refractivity contribution in [2.75, 3.05) is 5.75 Å². The van der Waals surface area contributed by atoms with Crippen LogP contribution in [-0.2, 0) is 22.7 Å². The van der Waals surface area contributed by atoms with Crippen molar-refractivity contribution in [2.24, 2.45) is 0 Å². The summed E-state index contributed by atoms with van der Waals surface area (Å²) < 4.78 is 7.43. The second-order valence-corrected chi connectivity index (χ2v) is 8.72. The molecule has 2 aromatic carbocycles. The highest BCUT2D eigenvalue weighted by Gasteiger charge is 2.15. The smallest absolute Gasteiger partial charge is 0.316 e. The Kier molecular flexibility index (Phi) is 7.00. The molecule has 32 heavy (non-hydrogen) atoms. The summed E-state index contributed by atoms with van der Waals surface area (Å²) in [5.41, 5.74) is 3.36. The maximum absolute atomic E-state index is 12.3. The van der Waals surface area contributed by atoms with Gasteiger partial charge in [0.05, 0.1) is 22.3 Å². The van der Waals surface area contributed by atoms with E-state index in [9.17, 15) is 10.1 Å². The van der Waals surface area contributed by atoms with Crippen LogP contribution >= 0.6 is 23.1 Å². The van der Waals surface area contributed by atoms with E-state index in [2.05, 4.69) is 16.3 Å². The minimum atomic E-state index is -0.308. The van der Waals surface area contributed by atoms with Gasteiger partial charge in [0.2, 0.25) is 0 Å². The number of rotatable bonds is 8. The van der Waals surface area contributed by atoms with E-state index in [1.165, 1.54) is 11.8 Å². The van der Waals surface area contributed by atoms with Gasteiger partial charge in [-0.15, -0.1) is 21.5 Å². The Morgan fingerprint density at radius 3 is 2.66 bits per heavy atom. The van der Waals surface area contributed by atoms with E-state index in [1.54, 1.807) is 17.4 Å². The first-order valence-corrected chi connectivity index (χ1v) is 11.9. The first-order chi connectivity index (χ1) is 15.7. The molecule has 0 unspecified atom stereocenters. The van der Waals surface area contributed by atoms with Crippen LogP contribution in [0.15, 0.2) is 71.2 Å². The molecule has 0 N–H and O–H groups in total. The van der Waals surface area contributed by atoms with Crippen molar-refractivity contribution in [3.8, 4) is 27.9 Å². The molecule has 0 spiro atoms. The third-order valence-electron chi connectivity index (χ3n) is 4.81. The van der Waals surface area contributed by atoms with Crippen LogP contribution in [0.1, 0.15) is 18.1 Å². The lowest BCUT2D eigenvalue weighted by Crippen LogP contribution is -2.08. The molecule has 4 rings (SSSR count). The normalized spacial score (nSPS) is 10.6. The lowest BCUT2D eigenvalue weighted by atomic mass is 9.99. The van der Waals surface area contributed by atoms with Gasteiger partial charge >= 0.3 is 5.97 Å². The third-order valence-corrected chi connectivity index (χ3v) is 6.61. The first-order valence-electron chi connectivity index (χ1n) is 10.0. The molecule has 0 atom stereocenters. The van der Waals surface area contributed by atoms with Crippen LogP contribution in [0.5, 0.6) is 0 Å². The van der Waals surface area contributed by atoms with E-state index in [1.807, 2.05) is 71.5 Å². The Balaban J connectivity index is 1.33. The Hall–Kier alpha value is -3.41. The maximum Gasteiger partial charge on any atom is 0.316 e. The highest BCUT2D eigenvalue weighted by Crippen LogP contribution is 2.27. The molecule has 0 aliphatic heterocycles. The molecule has 160 valence electrons. The molecule has 0 fully saturated rings. The summed E-state index contributed by atoms with van der Waals surface area (Å²) in [4.78, 5) is 13.3. The summed E-state index contributed by atoms with van der Waals surface area (Å²) in [6.07, 6.45) is 0. The molecule has 4 aromatic rings. The summed E-state index contributed by atoms with van der Waals surface area (Å²) >= 11 is 2.94. The van der Waals surface area contributed by atoms with Crippen molar-refractivity contribution in [1.82, 2.24) is 14.8 Å². The molecule has 0 bridgehead atoms. The molecule has 0 aliphatic carbocycles. The average Bonchev–Trinajstić information content (AvgIpc) is 3.51. The number of nitrogens with zero attached hydrogens (tertiary/aromatic N) is 4. The summed E-state index contributed by atoms with van der Waals surface area (Å²) in [5, 5.41) is 20.5. The SMILES string of the molecule is CCn1c(SCC(=O)OCc2ccc(-c3ccccc3C#N)cc2)nnc1-c1cccs1. The molecule has 0 aliphatic rings. The van der Waals surface area contributed by atoms with E-state index < -0.39 is 0 Å². The van der Waals surface area contributed by atoms with Gasteiger partial charge in [-0.1, -0.05) is 60.3 Å². The van der Waals surface area contributed by atoms with Crippen LogP contribution < -0.4 is 0 Å². The number of hydrogen-bond acceptors (Lipinski definition) is 7. The standard InChI is InChI=1S/C24H20N4O2S2/c1-2-28-23(21-8-5-13-31-21)26-27-24(28)32-16-22(29)30-15-17-9-11-18(12-10-17)20-7-4-3-6-19(20)14-25/h3-13H,2,15-16H2,1H3. The van der Waals surface area contributed by atoms with Crippen molar-refractivity contribution < 1.29 is 9.53 Å². The van der Waals surface area contributed by atoms with E-state index >= 15 is 0 Å². The summed E-state index contributed by atoms with van der Waals surface area (Å²) in [6, 6.07) is 21.4. The van der Waals surface area contributed by atoms with Crippen molar-refractivity contribution in [3.63, 3.8) is 0 Å². The van der Waals surface area contributed by atoms with Gasteiger partial charge in [-0.25, -0.2) is 0 Å². The van der Waals surface area contributed by atoms with Crippen molar-refractivity contribution in [2.45, 2.75) is 25.2 Å². The fourth-order valence-corrected chi connectivity index (χ4v) is 4.73. The average molecular weight is 461 g/mol.